The molecule has 0 aromatic carbocycles. The Kier molecular flexibility index (Phi) is 5.42. The third-order valence-corrected chi connectivity index (χ3v) is 6.39. The summed E-state index contributed by atoms with van der Waals surface area (Å²) in [6.07, 6.45) is 15.9. The molecule has 0 bridgehead atoms. The Bertz CT molecular complexity index is 908. The number of hydrogen-bond acceptors (Lipinski definition) is 2. The Morgan fingerprint density at radius 1 is 1.18 bits per heavy atom. The minimum Gasteiger partial charge on any atom is -0.334 e. The quantitative estimate of drug-likeness (QED) is 0.761. The second-order valence-electron chi connectivity index (χ2n) is 8.56. The van der Waals surface area contributed by atoms with Gasteiger partial charge in [-0.05, 0) is 51.2 Å². The average molecular weight is 381 g/mol. The Hall–Kier alpha value is -2.30. The predicted octanol–water partition coefficient (Wildman–Crippen LogP) is 4.59. The number of carbonyl (C=O) groups is 1. The highest BCUT2D eigenvalue weighted by Crippen LogP contribution is 2.29. The van der Waals surface area contributed by atoms with Gasteiger partial charge in [-0.2, -0.15) is 0 Å². The van der Waals surface area contributed by atoms with E-state index < -0.39 is 0 Å². The van der Waals surface area contributed by atoms with Crippen molar-refractivity contribution < 1.29 is 4.79 Å². The Morgan fingerprint density at radius 2 is 1.96 bits per heavy atom. The Morgan fingerprint density at radius 3 is 2.64 bits per heavy atom. The number of fused-ring (bicyclic) bond motifs is 1. The van der Waals surface area contributed by atoms with Crippen molar-refractivity contribution in [3.63, 3.8) is 0 Å². The molecule has 0 atom stereocenters. The highest BCUT2D eigenvalue weighted by molar-refractivity contribution is 5.94. The van der Waals surface area contributed by atoms with Crippen LogP contribution in [0.1, 0.15) is 58.8 Å². The van der Waals surface area contributed by atoms with Crippen LogP contribution in [0.25, 0.3) is 11.0 Å². The molecule has 2 aromatic rings. The molecule has 1 fully saturated rings. The summed E-state index contributed by atoms with van der Waals surface area (Å²) >= 11 is 0. The standard InChI is InChI=1S/C23H32N4O/c1-17(2)27(20-7-5-4-6-8-20)23(28)19-11-9-18(10-12-19)16-26-21-13-14-24-15-22(21)25(26)3/h9,11,13-15,17,20H,4-8,10,12,16H2,1-3H3. The molecule has 0 unspecified atom stereocenters. The first-order chi connectivity index (χ1) is 13.6. The van der Waals surface area contributed by atoms with Crippen LogP contribution in [0.3, 0.4) is 0 Å². The summed E-state index contributed by atoms with van der Waals surface area (Å²) in [7, 11) is 2.07. The molecule has 2 aromatic heterocycles. The average Bonchev–Trinajstić information content (AvgIpc) is 2.72. The zero-order valence-electron chi connectivity index (χ0n) is 17.4. The van der Waals surface area contributed by atoms with E-state index in [2.05, 4.69) is 58.4 Å². The summed E-state index contributed by atoms with van der Waals surface area (Å²) in [6, 6.07) is 2.75. The van der Waals surface area contributed by atoms with Crippen LogP contribution in [0.15, 0.2) is 41.8 Å². The third kappa shape index (κ3) is 3.54. The fourth-order valence-electron chi connectivity index (χ4n) is 4.81. The lowest BCUT2D eigenvalue weighted by Gasteiger charge is -2.38. The summed E-state index contributed by atoms with van der Waals surface area (Å²) in [5.74, 6) is 0.259. The van der Waals surface area contributed by atoms with Crippen molar-refractivity contribution in [3.05, 3.63) is 41.8 Å². The molecule has 5 heteroatoms. The molecule has 0 N–H and O–H groups in total. The molecule has 4 rings (SSSR count). The number of carbonyl (C=O) groups excluding carboxylic acids is 1. The van der Waals surface area contributed by atoms with Crippen LogP contribution >= 0.6 is 0 Å². The Labute approximate surface area is 167 Å². The first-order valence-corrected chi connectivity index (χ1v) is 10.7. The van der Waals surface area contributed by atoms with Gasteiger partial charge in [0.05, 0.1) is 18.3 Å². The van der Waals surface area contributed by atoms with Gasteiger partial charge in [0.2, 0.25) is 5.91 Å². The molecule has 1 saturated carbocycles. The fraction of sp³-hybridized carbons (Fsp3) is 0.565. The van der Waals surface area contributed by atoms with Gasteiger partial charge in [-0.15, -0.1) is 0 Å². The largest absolute Gasteiger partial charge is 0.334 e. The van der Waals surface area contributed by atoms with Crippen molar-refractivity contribution in [2.75, 3.05) is 0 Å². The number of aryl methyl sites for hydroxylation is 1. The summed E-state index contributed by atoms with van der Waals surface area (Å²) in [6.45, 7) is 5.19. The third-order valence-electron chi connectivity index (χ3n) is 6.39. The monoisotopic (exact) mass is 380 g/mol. The van der Waals surface area contributed by atoms with Gasteiger partial charge in [-0.3, -0.25) is 19.1 Å². The molecular formula is C23H32N4O. The first-order valence-electron chi connectivity index (χ1n) is 10.7. The van der Waals surface area contributed by atoms with Gasteiger partial charge < -0.3 is 4.90 Å². The number of amides is 1. The van der Waals surface area contributed by atoms with Crippen molar-refractivity contribution in [2.45, 2.75) is 77.4 Å². The van der Waals surface area contributed by atoms with Crippen molar-refractivity contribution in [1.82, 2.24) is 19.2 Å². The van der Waals surface area contributed by atoms with Gasteiger partial charge >= 0.3 is 0 Å². The lowest BCUT2D eigenvalue weighted by molar-refractivity contribution is -0.132. The Balaban J connectivity index is 1.48. The molecule has 2 aliphatic carbocycles. The number of allylic oxidation sites excluding steroid dienone is 3. The van der Waals surface area contributed by atoms with E-state index in [1.54, 1.807) is 0 Å². The summed E-state index contributed by atoms with van der Waals surface area (Å²) in [5, 5.41) is 0. The normalized spacial score (nSPS) is 18.4. The number of pyridine rings is 1. The van der Waals surface area contributed by atoms with E-state index in [1.165, 1.54) is 35.9 Å². The summed E-state index contributed by atoms with van der Waals surface area (Å²) < 4.78 is 4.42. The molecule has 0 saturated heterocycles. The maximum atomic E-state index is 13.3. The number of aromatic nitrogens is 3. The van der Waals surface area contributed by atoms with Crippen molar-refractivity contribution in [2.24, 2.45) is 7.05 Å². The van der Waals surface area contributed by atoms with Gasteiger partial charge in [0.25, 0.3) is 0 Å². The van der Waals surface area contributed by atoms with Crippen LogP contribution in [-0.4, -0.2) is 37.2 Å². The zero-order chi connectivity index (χ0) is 19.7. The molecule has 0 aliphatic heterocycles. The van der Waals surface area contributed by atoms with E-state index in [0.29, 0.717) is 6.04 Å². The van der Waals surface area contributed by atoms with Crippen LogP contribution in [0.2, 0.25) is 0 Å². The van der Waals surface area contributed by atoms with Gasteiger partial charge in [0.1, 0.15) is 5.52 Å². The number of hydrogen-bond donors (Lipinski definition) is 0. The van der Waals surface area contributed by atoms with Crippen LogP contribution in [0, 0.1) is 0 Å². The van der Waals surface area contributed by atoms with Crippen LogP contribution < -0.4 is 0 Å². The molecule has 2 aliphatic rings. The second kappa shape index (κ2) is 7.98. The van der Waals surface area contributed by atoms with Crippen LogP contribution in [0.4, 0.5) is 0 Å². The van der Waals surface area contributed by atoms with E-state index in [9.17, 15) is 4.79 Å². The van der Waals surface area contributed by atoms with Gasteiger partial charge in [-0.25, -0.2) is 0 Å². The van der Waals surface area contributed by atoms with Crippen molar-refractivity contribution >= 4 is 16.9 Å². The van der Waals surface area contributed by atoms with E-state index in [-0.39, 0.29) is 11.9 Å². The minimum absolute atomic E-state index is 0.259. The smallest absolute Gasteiger partial charge is 0.250 e. The highest BCUT2D eigenvalue weighted by atomic mass is 16.2. The maximum Gasteiger partial charge on any atom is 0.250 e. The predicted molar refractivity (Wildman–Crippen MR) is 113 cm³/mol. The van der Waals surface area contributed by atoms with Crippen molar-refractivity contribution in [3.8, 4) is 0 Å². The van der Waals surface area contributed by atoms with E-state index >= 15 is 0 Å². The topological polar surface area (TPSA) is 43.1 Å². The molecular weight excluding hydrogens is 348 g/mol. The number of nitrogens with zero attached hydrogens (tertiary/aromatic N) is 4. The molecule has 0 spiro atoms. The van der Waals surface area contributed by atoms with Crippen molar-refractivity contribution in [1.29, 1.82) is 0 Å². The van der Waals surface area contributed by atoms with Gasteiger partial charge in [-0.1, -0.05) is 31.4 Å². The zero-order valence-corrected chi connectivity index (χ0v) is 17.4. The second-order valence-corrected chi connectivity index (χ2v) is 8.56. The lowest BCUT2D eigenvalue weighted by Crippen LogP contribution is -2.46. The summed E-state index contributed by atoms with van der Waals surface area (Å²) in [4.78, 5) is 19.6. The maximum absolute atomic E-state index is 13.3. The molecule has 28 heavy (non-hydrogen) atoms. The molecule has 1 amide bonds. The number of rotatable bonds is 5. The van der Waals surface area contributed by atoms with E-state index in [0.717, 1.165) is 37.8 Å². The minimum atomic E-state index is 0.259. The molecule has 5 nitrogen and oxygen atoms in total. The van der Waals surface area contributed by atoms with Gasteiger partial charge in [0, 0.05) is 30.9 Å². The van der Waals surface area contributed by atoms with Crippen LogP contribution in [0.5, 0.6) is 0 Å². The SMILES string of the molecule is CC(C)N(C(=O)C1=CC=C(Cn2c3ccncc3n2C)CC1)C1CCCCC1. The lowest BCUT2D eigenvalue weighted by atomic mass is 9.91. The van der Waals surface area contributed by atoms with E-state index in [4.69, 9.17) is 0 Å². The van der Waals surface area contributed by atoms with Gasteiger partial charge in [0.15, 0.2) is 0 Å². The molecule has 0 radical (unpaired) electrons. The fourth-order valence-corrected chi connectivity index (χ4v) is 4.81. The first kappa shape index (κ1) is 19.0. The summed E-state index contributed by atoms with van der Waals surface area (Å²) in [5.41, 5.74) is 4.75. The molecule has 2 heterocycles. The molecule has 150 valence electrons. The van der Waals surface area contributed by atoms with Crippen LogP contribution in [-0.2, 0) is 18.4 Å². The highest BCUT2D eigenvalue weighted by Gasteiger charge is 2.29. The van der Waals surface area contributed by atoms with E-state index in [1.807, 2.05) is 12.4 Å².